The molecule has 1 aromatic carbocycles. The lowest BCUT2D eigenvalue weighted by Crippen LogP contribution is -2.32. The molecule has 4 heteroatoms. The number of ether oxygens (including phenoxy) is 3. The molecule has 1 aliphatic rings. The molecule has 0 saturated carbocycles. The van der Waals surface area contributed by atoms with Gasteiger partial charge >= 0.3 is 0 Å². The zero-order valence-electron chi connectivity index (χ0n) is 11.9. The molecule has 1 aromatic rings. The second kappa shape index (κ2) is 6.78. The van der Waals surface area contributed by atoms with Gasteiger partial charge in [0.25, 0.3) is 0 Å². The van der Waals surface area contributed by atoms with Gasteiger partial charge in [-0.05, 0) is 31.5 Å². The lowest BCUT2D eigenvalue weighted by atomic mass is 10.1. The zero-order valence-corrected chi connectivity index (χ0v) is 11.9. The molecule has 2 atom stereocenters. The third-order valence-corrected chi connectivity index (χ3v) is 3.22. The topological polar surface area (TPSA) is 39.7 Å². The van der Waals surface area contributed by atoms with Gasteiger partial charge in [0.2, 0.25) is 0 Å². The van der Waals surface area contributed by atoms with Crippen LogP contribution in [0.5, 0.6) is 11.5 Å². The number of fused-ring (bicyclic) bond motifs is 1. The molecular weight excluding hydrogens is 242 g/mol. The van der Waals surface area contributed by atoms with E-state index < -0.39 is 0 Å². The van der Waals surface area contributed by atoms with Gasteiger partial charge in [0.15, 0.2) is 11.5 Å². The quantitative estimate of drug-likeness (QED) is 0.888. The summed E-state index contributed by atoms with van der Waals surface area (Å²) in [5.41, 5.74) is 1.20. The summed E-state index contributed by atoms with van der Waals surface area (Å²) in [5.74, 6) is 1.70. The third-order valence-electron chi connectivity index (χ3n) is 3.22. The van der Waals surface area contributed by atoms with Crippen LogP contribution < -0.4 is 14.8 Å². The maximum Gasteiger partial charge on any atom is 0.161 e. The van der Waals surface area contributed by atoms with Crippen molar-refractivity contribution in [2.45, 2.75) is 32.4 Å². The van der Waals surface area contributed by atoms with Gasteiger partial charge < -0.3 is 19.5 Å². The highest BCUT2D eigenvalue weighted by Gasteiger charge is 2.14. The summed E-state index contributed by atoms with van der Waals surface area (Å²) in [6.45, 7) is 6.41. The van der Waals surface area contributed by atoms with E-state index >= 15 is 0 Å². The summed E-state index contributed by atoms with van der Waals surface area (Å²) >= 11 is 0. The smallest absolute Gasteiger partial charge is 0.161 e. The summed E-state index contributed by atoms with van der Waals surface area (Å²) in [5, 5.41) is 3.50. The predicted molar refractivity (Wildman–Crippen MR) is 74.9 cm³/mol. The van der Waals surface area contributed by atoms with Crippen LogP contribution in [0.2, 0.25) is 0 Å². The van der Waals surface area contributed by atoms with Gasteiger partial charge in [0, 0.05) is 25.6 Å². The average molecular weight is 265 g/mol. The molecule has 0 aliphatic carbocycles. The number of nitrogens with one attached hydrogen (secondary N) is 1. The summed E-state index contributed by atoms with van der Waals surface area (Å²) < 4.78 is 16.5. The van der Waals surface area contributed by atoms with Crippen molar-refractivity contribution in [3.8, 4) is 11.5 Å². The molecule has 2 unspecified atom stereocenters. The second-order valence-corrected chi connectivity index (χ2v) is 5.00. The van der Waals surface area contributed by atoms with Crippen LogP contribution in [0.15, 0.2) is 18.2 Å². The van der Waals surface area contributed by atoms with Crippen molar-refractivity contribution in [3.63, 3.8) is 0 Å². The maximum absolute atomic E-state index is 5.71. The summed E-state index contributed by atoms with van der Waals surface area (Å²) in [6, 6.07) is 6.72. The lowest BCUT2D eigenvalue weighted by molar-refractivity contribution is 0.167. The van der Waals surface area contributed by atoms with E-state index in [2.05, 4.69) is 31.3 Å². The molecule has 0 amide bonds. The number of hydrogen-bond donors (Lipinski definition) is 1. The van der Waals surface area contributed by atoms with Crippen molar-refractivity contribution < 1.29 is 14.2 Å². The van der Waals surface area contributed by atoms with Gasteiger partial charge in [-0.2, -0.15) is 0 Å². The molecule has 2 rings (SSSR count). The summed E-state index contributed by atoms with van der Waals surface area (Å²) in [7, 11) is 1.72. The van der Waals surface area contributed by atoms with E-state index in [-0.39, 0.29) is 6.04 Å². The van der Waals surface area contributed by atoms with E-state index in [0.717, 1.165) is 31.1 Å². The van der Waals surface area contributed by atoms with Crippen molar-refractivity contribution in [1.82, 2.24) is 5.32 Å². The Kier molecular flexibility index (Phi) is 5.05. The Hall–Kier alpha value is -1.26. The normalized spacial score (nSPS) is 17.6. The molecule has 4 nitrogen and oxygen atoms in total. The van der Waals surface area contributed by atoms with Gasteiger partial charge in [-0.3, -0.25) is 0 Å². The Morgan fingerprint density at radius 3 is 2.68 bits per heavy atom. The van der Waals surface area contributed by atoms with Crippen LogP contribution in [0, 0.1) is 0 Å². The molecule has 19 heavy (non-hydrogen) atoms. The molecular formula is C15H23NO3. The van der Waals surface area contributed by atoms with Crippen LogP contribution in [0.25, 0.3) is 0 Å². The second-order valence-electron chi connectivity index (χ2n) is 5.00. The monoisotopic (exact) mass is 265 g/mol. The molecule has 1 heterocycles. The van der Waals surface area contributed by atoms with E-state index in [9.17, 15) is 0 Å². The summed E-state index contributed by atoms with van der Waals surface area (Å²) in [4.78, 5) is 0. The van der Waals surface area contributed by atoms with E-state index in [4.69, 9.17) is 14.2 Å². The number of hydrogen-bond acceptors (Lipinski definition) is 4. The molecule has 1 aliphatic heterocycles. The minimum absolute atomic E-state index is 0.252. The predicted octanol–water partition coefficient (Wildman–Crippen LogP) is 2.53. The summed E-state index contributed by atoms with van der Waals surface area (Å²) in [6.07, 6.45) is 0.933. The van der Waals surface area contributed by atoms with Crippen LogP contribution in [-0.4, -0.2) is 33.0 Å². The Labute approximate surface area is 115 Å². The van der Waals surface area contributed by atoms with E-state index in [0.29, 0.717) is 12.6 Å². The molecule has 0 saturated heterocycles. The van der Waals surface area contributed by atoms with Crippen molar-refractivity contribution in [2.75, 3.05) is 26.9 Å². The first-order chi connectivity index (χ1) is 9.20. The van der Waals surface area contributed by atoms with Gasteiger partial charge in [-0.15, -0.1) is 0 Å². The molecule has 0 aromatic heterocycles. The average Bonchev–Trinajstić information content (AvgIpc) is 2.63. The minimum Gasteiger partial charge on any atom is -0.490 e. The Morgan fingerprint density at radius 2 is 1.95 bits per heavy atom. The van der Waals surface area contributed by atoms with Crippen molar-refractivity contribution in [1.29, 1.82) is 0 Å². The number of methoxy groups -OCH3 is 1. The maximum atomic E-state index is 5.71. The van der Waals surface area contributed by atoms with Gasteiger partial charge in [-0.1, -0.05) is 6.07 Å². The third kappa shape index (κ3) is 3.85. The number of benzene rings is 1. The molecule has 0 spiro atoms. The van der Waals surface area contributed by atoms with Crippen molar-refractivity contribution >= 4 is 0 Å². The molecule has 0 bridgehead atoms. The largest absolute Gasteiger partial charge is 0.490 e. The van der Waals surface area contributed by atoms with Gasteiger partial charge in [0.05, 0.1) is 19.8 Å². The van der Waals surface area contributed by atoms with Crippen LogP contribution in [-0.2, 0) is 4.74 Å². The SMILES string of the molecule is COCC(C)NC(C)c1ccc2c(c1)OCCCO2. The first kappa shape index (κ1) is 14.2. The van der Waals surface area contributed by atoms with Crippen molar-refractivity contribution in [3.05, 3.63) is 23.8 Å². The Morgan fingerprint density at radius 1 is 1.21 bits per heavy atom. The fourth-order valence-electron chi connectivity index (χ4n) is 2.27. The van der Waals surface area contributed by atoms with Crippen LogP contribution in [0.1, 0.15) is 31.9 Å². The van der Waals surface area contributed by atoms with Crippen LogP contribution in [0.4, 0.5) is 0 Å². The molecule has 106 valence electrons. The van der Waals surface area contributed by atoms with Gasteiger partial charge in [-0.25, -0.2) is 0 Å². The van der Waals surface area contributed by atoms with Crippen LogP contribution >= 0.6 is 0 Å². The van der Waals surface area contributed by atoms with Crippen molar-refractivity contribution in [2.24, 2.45) is 0 Å². The van der Waals surface area contributed by atoms with Gasteiger partial charge in [0.1, 0.15) is 0 Å². The zero-order chi connectivity index (χ0) is 13.7. The first-order valence-electron chi connectivity index (χ1n) is 6.85. The highest BCUT2D eigenvalue weighted by atomic mass is 16.5. The van der Waals surface area contributed by atoms with E-state index in [1.165, 1.54) is 5.56 Å². The molecule has 1 N–H and O–H groups in total. The Bertz CT molecular complexity index is 408. The Balaban J connectivity index is 2.06. The lowest BCUT2D eigenvalue weighted by Gasteiger charge is -2.20. The van der Waals surface area contributed by atoms with E-state index in [1.807, 2.05) is 6.07 Å². The standard InChI is InChI=1S/C15H23NO3/c1-11(10-17-3)16-12(2)13-5-6-14-15(9-13)19-8-4-7-18-14/h5-6,9,11-12,16H,4,7-8,10H2,1-3H3. The first-order valence-corrected chi connectivity index (χ1v) is 6.85. The highest BCUT2D eigenvalue weighted by Crippen LogP contribution is 2.32. The van der Waals surface area contributed by atoms with Crippen LogP contribution in [0.3, 0.4) is 0 Å². The number of rotatable bonds is 5. The molecule has 0 fully saturated rings. The molecule has 0 radical (unpaired) electrons. The fourth-order valence-corrected chi connectivity index (χ4v) is 2.27. The highest BCUT2D eigenvalue weighted by molar-refractivity contribution is 5.44. The fraction of sp³-hybridized carbons (Fsp3) is 0.600. The minimum atomic E-state index is 0.252. The van der Waals surface area contributed by atoms with E-state index in [1.54, 1.807) is 7.11 Å².